The molecule has 0 aromatic carbocycles. The van der Waals surface area contributed by atoms with Crippen molar-refractivity contribution in [2.24, 2.45) is 0 Å². The summed E-state index contributed by atoms with van der Waals surface area (Å²) in [5, 5.41) is 0. The fourth-order valence-electron chi connectivity index (χ4n) is 2.27. The third kappa shape index (κ3) is 4.99. The number of hydrogen-bond donors (Lipinski definition) is 0. The fraction of sp³-hybridized carbons (Fsp3) is 0.263. The average molecular weight is 280 g/mol. The first-order valence-corrected chi connectivity index (χ1v) is 7.55. The molecule has 0 radical (unpaired) electrons. The normalized spacial score (nSPS) is 10.3. The first-order chi connectivity index (χ1) is 10.3. The van der Waals surface area contributed by atoms with Crippen molar-refractivity contribution < 1.29 is 9.13 Å². The van der Waals surface area contributed by atoms with Crippen molar-refractivity contribution in [2.75, 3.05) is 0 Å². The van der Waals surface area contributed by atoms with E-state index in [-0.39, 0.29) is 0 Å². The molecule has 0 aliphatic carbocycles. The van der Waals surface area contributed by atoms with Crippen LogP contribution in [-0.4, -0.2) is 0 Å². The molecule has 0 N–H and O–H groups in total. The van der Waals surface area contributed by atoms with E-state index in [0.717, 1.165) is 13.1 Å². The molecule has 0 aliphatic rings. The second kappa shape index (κ2) is 8.15. The predicted molar refractivity (Wildman–Crippen MR) is 87.3 cm³/mol. The Hall–Kier alpha value is -2.22. The van der Waals surface area contributed by atoms with Crippen LogP contribution in [0.5, 0.6) is 0 Å². The minimum Gasteiger partial charge on any atom is -0.205 e. The predicted octanol–water partition coefficient (Wildman–Crippen LogP) is 3.42. The molecule has 2 aromatic rings. The molecule has 0 saturated heterocycles. The van der Waals surface area contributed by atoms with Crippen molar-refractivity contribution in [3.63, 3.8) is 0 Å². The Kier molecular flexibility index (Phi) is 5.89. The summed E-state index contributed by atoms with van der Waals surface area (Å²) >= 11 is 0. The topological polar surface area (TPSA) is 7.76 Å². The second-order valence-corrected chi connectivity index (χ2v) is 5.21. The summed E-state index contributed by atoms with van der Waals surface area (Å²) in [6.45, 7) is 9.70. The molecular weight excluding hydrogens is 256 g/mol. The number of hydrogen-bond acceptors (Lipinski definition) is 0. The average Bonchev–Trinajstić information content (AvgIpc) is 2.55. The Balaban J connectivity index is 1.66. The lowest BCUT2D eigenvalue weighted by atomic mass is 10.2. The molecule has 0 bridgehead atoms. The molecule has 0 atom stereocenters. The third-order valence-corrected chi connectivity index (χ3v) is 3.64. The summed E-state index contributed by atoms with van der Waals surface area (Å²) in [4.78, 5) is 0. The Morgan fingerprint density at radius 3 is 1.38 bits per heavy atom. The molecule has 0 saturated carbocycles. The SMILES string of the molecule is C=Cc1cc[n+](CCCCC[n+]2ccc(C=C)cc2)cc1. The first-order valence-electron chi connectivity index (χ1n) is 7.55. The van der Waals surface area contributed by atoms with Gasteiger partial charge in [0.1, 0.15) is 13.1 Å². The number of aromatic nitrogens is 2. The van der Waals surface area contributed by atoms with Crippen LogP contribution in [0.25, 0.3) is 12.2 Å². The van der Waals surface area contributed by atoms with E-state index in [1.807, 2.05) is 12.2 Å². The van der Waals surface area contributed by atoms with Crippen molar-refractivity contribution >= 4 is 12.2 Å². The standard InChI is InChI=1S/C19H24N2/c1-3-18-8-14-20(15-9-18)12-6-5-7-13-21-16-10-19(4-2)11-17-21/h3-4,8-11,14-17H,1-2,5-7,12-13H2/q+2. The molecule has 2 nitrogen and oxygen atoms in total. The van der Waals surface area contributed by atoms with Crippen LogP contribution < -0.4 is 9.13 Å². The van der Waals surface area contributed by atoms with Crippen LogP contribution in [0.4, 0.5) is 0 Å². The van der Waals surface area contributed by atoms with E-state index in [1.165, 1.54) is 30.4 Å². The molecule has 2 heteroatoms. The maximum absolute atomic E-state index is 3.77. The third-order valence-electron chi connectivity index (χ3n) is 3.64. The summed E-state index contributed by atoms with van der Waals surface area (Å²) in [6.07, 6.45) is 15.9. The number of nitrogens with zero attached hydrogens (tertiary/aromatic N) is 2. The van der Waals surface area contributed by atoms with Crippen LogP contribution in [-0.2, 0) is 13.1 Å². The van der Waals surface area contributed by atoms with Gasteiger partial charge in [0.15, 0.2) is 24.8 Å². The van der Waals surface area contributed by atoms with Crippen LogP contribution in [0.1, 0.15) is 30.4 Å². The Bertz CT molecular complexity index is 514. The van der Waals surface area contributed by atoms with Crippen LogP contribution in [0, 0.1) is 0 Å². The van der Waals surface area contributed by atoms with Crippen LogP contribution >= 0.6 is 0 Å². The highest BCUT2D eigenvalue weighted by atomic mass is 14.9. The van der Waals surface area contributed by atoms with E-state index in [2.05, 4.69) is 71.3 Å². The zero-order chi connectivity index (χ0) is 14.9. The number of unbranched alkanes of at least 4 members (excludes halogenated alkanes) is 2. The number of pyridine rings is 2. The number of aryl methyl sites for hydroxylation is 2. The molecule has 2 aromatic heterocycles. The quantitative estimate of drug-likeness (QED) is 0.517. The lowest BCUT2D eigenvalue weighted by molar-refractivity contribution is -0.701. The first kappa shape index (κ1) is 15.2. The van der Waals surface area contributed by atoms with E-state index in [9.17, 15) is 0 Å². The number of rotatable bonds is 8. The molecule has 0 fully saturated rings. The molecule has 0 spiro atoms. The van der Waals surface area contributed by atoms with Crippen molar-refractivity contribution in [3.8, 4) is 0 Å². The van der Waals surface area contributed by atoms with E-state index < -0.39 is 0 Å². The molecule has 0 aliphatic heterocycles. The van der Waals surface area contributed by atoms with Gasteiger partial charge in [0.05, 0.1) is 0 Å². The van der Waals surface area contributed by atoms with Gasteiger partial charge in [-0.2, -0.15) is 0 Å². The highest BCUT2D eigenvalue weighted by Gasteiger charge is 2.02. The highest BCUT2D eigenvalue weighted by Crippen LogP contribution is 1.99. The molecule has 0 amide bonds. The van der Waals surface area contributed by atoms with Gasteiger partial charge < -0.3 is 0 Å². The summed E-state index contributed by atoms with van der Waals surface area (Å²) in [5.41, 5.74) is 2.34. The Labute approximate surface area is 127 Å². The molecule has 108 valence electrons. The molecule has 2 rings (SSSR count). The van der Waals surface area contributed by atoms with E-state index in [0.29, 0.717) is 0 Å². The minimum absolute atomic E-state index is 1.08. The lowest BCUT2D eigenvalue weighted by Crippen LogP contribution is -2.34. The van der Waals surface area contributed by atoms with E-state index >= 15 is 0 Å². The van der Waals surface area contributed by atoms with Crippen LogP contribution in [0.3, 0.4) is 0 Å². The Morgan fingerprint density at radius 2 is 1.05 bits per heavy atom. The van der Waals surface area contributed by atoms with Gasteiger partial charge in [-0.05, 0) is 17.5 Å². The van der Waals surface area contributed by atoms with Crippen molar-refractivity contribution in [1.29, 1.82) is 0 Å². The minimum atomic E-state index is 1.08. The van der Waals surface area contributed by atoms with Gasteiger partial charge in [-0.3, -0.25) is 0 Å². The van der Waals surface area contributed by atoms with Crippen LogP contribution in [0.2, 0.25) is 0 Å². The van der Waals surface area contributed by atoms with E-state index in [1.54, 1.807) is 0 Å². The molecular formula is C19H24N2+2. The summed E-state index contributed by atoms with van der Waals surface area (Å²) in [6, 6.07) is 8.40. The van der Waals surface area contributed by atoms with Gasteiger partial charge in [0.2, 0.25) is 0 Å². The maximum atomic E-state index is 3.77. The molecule has 21 heavy (non-hydrogen) atoms. The lowest BCUT2D eigenvalue weighted by Gasteiger charge is -1.99. The largest absolute Gasteiger partial charge is 0.205 e. The monoisotopic (exact) mass is 280 g/mol. The second-order valence-electron chi connectivity index (χ2n) is 5.21. The van der Waals surface area contributed by atoms with Crippen LogP contribution in [0.15, 0.2) is 62.2 Å². The van der Waals surface area contributed by atoms with Gasteiger partial charge in [0.25, 0.3) is 0 Å². The smallest absolute Gasteiger partial charge is 0.169 e. The van der Waals surface area contributed by atoms with Gasteiger partial charge in [-0.25, -0.2) is 9.13 Å². The molecule has 0 unspecified atom stereocenters. The van der Waals surface area contributed by atoms with Gasteiger partial charge in [-0.1, -0.05) is 25.3 Å². The summed E-state index contributed by atoms with van der Waals surface area (Å²) in [7, 11) is 0. The van der Waals surface area contributed by atoms with Crippen molar-refractivity contribution in [2.45, 2.75) is 32.4 Å². The zero-order valence-electron chi connectivity index (χ0n) is 12.6. The van der Waals surface area contributed by atoms with Crippen molar-refractivity contribution in [1.82, 2.24) is 0 Å². The van der Waals surface area contributed by atoms with Gasteiger partial charge >= 0.3 is 0 Å². The molecule has 2 heterocycles. The van der Waals surface area contributed by atoms with Gasteiger partial charge in [-0.15, -0.1) is 0 Å². The highest BCUT2D eigenvalue weighted by molar-refractivity contribution is 5.44. The maximum Gasteiger partial charge on any atom is 0.169 e. The Morgan fingerprint density at radius 1 is 0.667 bits per heavy atom. The van der Waals surface area contributed by atoms with Crippen molar-refractivity contribution in [3.05, 3.63) is 73.3 Å². The summed E-state index contributed by atoms with van der Waals surface area (Å²) < 4.78 is 4.47. The fourth-order valence-corrected chi connectivity index (χ4v) is 2.27. The summed E-state index contributed by atoms with van der Waals surface area (Å²) in [5.74, 6) is 0. The van der Waals surface area contributed by atoms with Gasteiger partial charge in [0, 0.05) is 37.1 Å². The zero-order valence-corrected chi connectivity index (χ0v) is 12.6. The van der Waals surface area contributed by atoms with E-state index in [4.69, 9.17) is 0 Å².